The van der Waals surface area contributed by atoms with Gasteiger partial charge < -0.3 is 10.6 Å². The molecule has 2 aromatic rings. The van der Waals surface area contributed by atoms with E-state index in [2.05, 4.69) is 22.8 Å². The van der Waals surface area contributed by atoms with Crippen LogP contribution in [0.3, 0.4) is 0 Å². The van der Waals surface area contributed by atoms with E-state index in [4.69, 9.17) is 28.2 Å². The van der Waals surface area contributed by atoms with Crippen molar-refractivity contribution in [1.82, 2.24) is 10.6 Å². The van der Waals surface area contributed by atoms with Gasteiger partial charge in [0.15, 0.2) is 5.17 Å². The second-order valence-corrected chi connectivity index (χ2v) is 8.33. The lowest BCUT2D eigenvalue weighted by molar-refractivity contribution is -0.117. The van der Waals surface area contributed by atoms with Crippen molar-refractivity contribution in [3.05, 3.63) is 81.0 Å². The van der Waals surface area contributed by atoms with E-state index in [1.165, 1.54) is 17.3 Å². The maximum atomic E-state index is 13.0. The van der Waals surface area contributed by atoms with Crippen LogP contribution in [0.1, 0.15) is 30.5 Å². The molecule has 29 heavy (non-hydrogen) atoms. The van der Waals surface area contributed by atoms with Crippen LogP contribution in [0.4, 0.5) is 0 Å². The standard InChI is InChI=1S/C22H23Cl2N3OS/c1-14-19(21(28)25-12-6-9-15-7-4-3-5-8-15)20(27-22(26-14)29-2)16-10-11-17(23)18(24)13-16/h3-5,7-8,10-11,13,20H,6,9,12H2,1-2H3,(H,25,28)(H,26,27). The Morgan fingerprint density at radius 2 is 1.93 bits per heavy atom. The molecule has 1 atom stereocenters. The maximum Gasteiger partial charge on any atom is 0.251 e. The number of amidine groups is 1. The van der Waals surface area contributed by atoms with Crippen molar-refractivity contribution in [1.29, 1.82) is 0 Å². The predicted molar refractivity (Wildman–Crippen MR) is 124 cm³/mol. The molecule has 1 aliphatic rings. The number of aryl methyl sites for hydroxylation is 1. The van der Waals surface area contributed by atoms with Crippen molar-refractivity contribution in [2.45, 2.75) is 25.8 Å². The number of allylic oxidation sites excluding steroid dienone is 1. The number of hydrogen-bond donors (Lipinski definition) is 2. The Kier molecular flexibility index (Phi) is 7.64. The molecule has 1 heterocycles. The van der Waals surface area contributed by atoms with Gasteiger partial charge in [0.25, 0.3) is 5.91 Å². The van der Waals surface area contributed by atoms with Crippen LogP contribution in [0.15, 0.2) is 64.8 Å². The van der Waals surface area contributed by atoms with E-state index in [0.29, 0.717) is 22.2 Å². The van der Waals surface area contributed by atoms with E-state index in [9.17, 15) is 4.79 Å². The van der Waals surface area contributed by atoms with Crippen molar-refractivity contribution in [2.24, 2.45) is 4.99 Å². The Hall–Kier alpha value is -1.95. The molecule has 4 nitrogen and oxygen atoms in total. The van der Waals surface area contributed by atoms with Crippen LogP contribution in [0.5, 0.6) is 0 Å². The van der Waals surface area contributed by atoms with E-state index in [-0.39, 0.29) is 5.91 Å². The van der Waals surface area contributed by atoms with E-state index in [1.54, 1.807) is 12.1 Å². The minimum atomic E-state index is -0.428. The molecule has 3 rings (SSSR count). The fourth-order valence-corrected chi connectivity index (χ4v) is 3.98. The third kappa shape index (κ3) is 5.56. The van der Waals surface area contributed by atoms with Gasteiger partial charge in [-0.05, 0) is 49.3 Å². The minimum absolute atomic E-state index is 0.122. The van der Waals surface area contributed by atoms with Crippen LogP contribution in [-0.2, 0) is 11.2 Å². The molecule has 0 aliphatic carbocycles. The Morgan fingerprint density at radius 3 is 2.62 bits per heavy atom. The number of carbonyl (C=O) groups excluding carboxylic acids is 1. The number of hydrogen-bond acceptors (Lipinski definition) is 4. The number of benzene rings is 2. The molecule has 0 aromatic heterocycles. The molecular formula is C22H23Cl2N3OS. The van der Waals surface area contributed by atoms with E-state index in [0.717, 1.165) is 29.3 Å². The van der Waals surface area contributed by atoms with Crippen molar-refractivity contribution in [3.8, 4) is 0 Å². The summed E-state index contributed by atoms with van der Waals surface area (Å²) in [5.74, 6) is -0.122. The molecule has 1 unspecified atom stereocenters. The summed E-state index contributed by atoms with van der Waals surface area (Å²) in [6.45, 7) is 2.49. The molecule has 0 saturated heterocycles. The summed E-state index contributed by atoms with van der Waals surface area (Å²) >= 11 is 13.8. The lowest BCUT2D eigenvalue weighted by Gasteiger charge is -2.26. The fourth-order valence-electron chi connectivity index (χ4n) is 3.20. The highest BCUT2D eigenvalue weighted by molar-refractivity contribution is 8.13. The van der Waals surface area contributed by atoms with Gasteiger partial charge in [-0.1, -0.05) is 71.4 Å². The Morgan fingerprint density at radius 1 is 1.17 bits per heavy atom. The third-order valence-electron chi connectivity index (χ3n) is 4.69. The highest BCUT2D eigenvalue weighted by atomic mass is 35.5. The van der Waals surface area contributed by atoms with E-state index >= 15 is 0 Å². The second-order valence-electron chi connectivity index (χ2n) is 6.72. The number of nitrogens with one attached hydrogen (secondary N) is 2. The normalized spacial score (nSPS) is 16.3. The number of amides is 1. The molecule has 0 bridgehead atoms. The van der Waals surface area contributed by atoms with Crippen LogP contribution in [0.2, 0.25) is 10.0 Å². The molecule has 152 valence electrons. The summed E-state index contributed by atoms with van der Waals surface area (Å²) in [7, 11) is 0. The monoisotopic (exact) mass is 447 g/mol. The average molecular weight is 448 g/mol. The van der Waals surface area contributed by atoms with Gasteiger partial charge in [-0.2, -0.15) is 0 Å². The highest BCUT2D eigenvalue weighted by Crippen LogP contribution is 2.35. The Balaban J connectivity index is 1.73. The summed E-state index contributed by atoms with van der Waals surface area (Å²) in [6.07, 6.45) is 3.73. The summed E-state index contributed by atoms with van der Waals surface area (Å²) in [5, 5.41) is 7.94. The van der Waals surface area contributed by atoms with Crippen LogP contribution >= 0.6 is 35.0 Å². The van der Waals surface area contributed by atoms with E-state index in [1.807, 2.05) is 37.4 Å². The van der Waals surface area contributed by atoms with Gasteiger partial charge in [0.1, 0.15) is 6.04 Å². The molecule has 0 saturated carbocycles. The quantitative estimate of drug-likeness (QED) is 0.584. The minimum Gasteiger partial charge on any atom is -0.352 e. The molecule has 2 aromatic carbocycles. The number of carbonyl (C=O) groups is 1. The van der Waals surface area contributed by atoms with Crippen molar-refractivity contribution >= 4 is 46.0 Å². The zero-order valence-electron chi connectivity index (χ0n) is 16.3. The topological polar surface area (TPSA) is 53.5 Å². The number of halogens is 2. The predicted octanol–water partition coefficient (Wildman–Crippen LogP) is 5.38. The van der Waals surface area contributed by atoms with Gasteiger partial charge >= 0.3 is 0 Å². The number of aliphatic imine (C=N–C) groups is 1. The van der Waals surface area contributed by atoms with Gasteiger partial charge in [-0.25, -0.2) is 4.99 Å². The Labute approximate surface area is 185 Å². The van der Waals surface area contributed by atoms with Crippen LogP contribution in [0, 0.1) is 0 Å². The smallest absolute Gasteiger partial charge is 0.251 e. The molecule has 0 fully saturated rings. The van der Waals surface area contributed by atoms with Crippen molar-refractivity contribution < 1.29 is 4.79 Å². The zero-order chi connectivity index (χ0) is 20.8. The zero-order valence-corrected chi connectivity index (χ0v) is 18.7. The molecular weight excluding hydrogens is 425 g/mol. The van der Waals surface area contributed by atoms with Gasteiger partial charge in [0, 0.05) is 12.2 Å². The lowest BCUT2D eigenvalue weighted by atomic mass is 9.96. The Bertz CT molecular complexity index is 944. The summed E-state index contributed by atoms with van der Waals surface area (Å²) < 4.78 is 0. The number of rotatable bonds is 6. The molecule has 0 spiro atoms. The maximum absolute atomic E-state index is 13.0. The van der Waals surface area contributed by atoms with Gasteiger partial charge in [0.2, 0.25) is 0 Å². The average Bonchev–Trinajstić information content (AvgIpc) is 2.73. The largest absolute Gasteiger partial charge is 0.352 e. The molecule has 1 amide bonds. The number of thioether (sulfide) groups is 1. The molecule has 0 radical (unpaired) electrons. The van der Waals surface area contributed by atoms with E-state index < -0.39 is 6.04 Å². The summed E-state index contributed by atoms with van der Waals surface area (Å²) in [4.78, 5) is 17.7. The van der Waals surface area contributed by atoms with Crippen LogP contribution in [-0.4, -0.2) is 23.9 Å². The first kappa shape index (κ1) is 21.8. The second kappa shape index (κ2) is 10.2. The van der Waals surface area contributed by atoms with Crippen molar-refractivity contribution in [3.63, 3.8) is 0 Å². The fraction of sp³-hybridized carbons (Fsp3) is 0.273. The lowest BCUT2D eigenvalue weighted by Crippen LogP contribution is -2.35. The molecule has 7 heteroatoms. The van der Waals surface area contributed by atoms with Crippen LogP contribution < -0.4 is 10.6 Å². The SMILES string of the molecule is CSC1=NC(c2ccc(Cl)c(Cl)c2)C(C(=O)NCCCc2ccccc2)=C(C)N1. The van der Waals surface area contributed by atoms with Gasteiger partial charge in [0.05, 0.1) is 15.6 Å². The van der Waals surface area contributed by atoms with Gasteiger partial charge in [-0.15, -0.1) is 0 Å². The number of nitrogens with zero attached hydrogens (tertiary/aromatic N) is 1. The summed E-state index contributed by atoms with van der Waals surface area (Å²) in [5.41, 5.74) is 3.49. The first-order valence-corrected chi connectivity index (χ1v) is 11.3. The highest BCUT2D eigenvalue weighted by Gasteiger charge is 2.29. The molecule has 2 N–H and O–H groups in total. The van der Waals surface area contributed by atoms with Crippen LogP contribution in [0.25, 0.3) is 0 Å². The molecule has 1 aliphatic heterocycles. The summed E-state index contributed by atoms with van der Waals surface area (Å²) in [6, 6.07) is 15.2. The first-order valence-electron chi connectivity index (χ1n) is 9.36. The third-order valence-corrected chi connectivity index (χ3v) is 6.02. The van der Waals surface area contributed by atoms with Crippen molar-refractivity contribution in [2.75, 3.05) is 12.8 Å². The first-order chi connectivity index (χ1) is 14.0. The van der Waals surface area contributed by atoms with Gasteiger partial charge in [-0.3, -0.25) is 4.79 Å².